The van der Waals surface area contributed by atoms with Gasteiger partial charge in [-0.05, 0) is 30.2 Å². The highest BCUT2D eigenvalue weighted by Crippen LogP contribution is 2.26. The van der Waals surface area contributed by atoms with Crippen molar-refractivity contribution in [2.75, 3.05) is 11.5 Å². The Morgan fingerprint density at radius 3 is 2.24 bits per heavy atom. The third-order valence-corrected chi connectivity index (χ3v) is 5.90. The number of benzene rings is 1. The van der Waals surface area contributed by atoms with Crippen LogP contribution in [0.3, 0.4) is 0 Å². The number of carbonyl (C=O) groups is 1. The summed E-state index contributed by atoms with van der Waals surface area (Å²) in [6, 6.07) is 7.29. The lowest BCUT2D eigenvalue weighted by Crippen LogP contribution is -2.22. The molecule has 0 spiro atoms. The molecule has 0 heterocycles. The second-order valence-electron chi connectivity index (χ2n) is 6.40. The smallest absolute Gasteiger partial charge is 0.177 e. The van der Waals surface area contributed by atoms with E-state index >= 15 is 0 Å². The maximum absolute atomic E-state index is 12.1. The number of rotatable bonds is 6. The molecule has 1 aliphatic carbocycles. The molecule has 1 aromatic rings. The highest BCUT2D eigenvalue weighted by molar-refractivity contribution is 7.92. The van der Waals surface area contributed by atoms with E-state index in [1.165, 1.54) is 0 Å². The van der Waals surface area contributed by atoms with Gasteiger partial charge in [-0.2, -0.15) is 0 Å². The molecule has 0 aromatic heterocycles. The van der Waals surface area contributed by atoms with Gasteiger partial charge in [-0.3, -0.25) is 4.79 Å². The van der Waals surface area contributed by atoms with Crippen LogP contribution in [0, 0.1) is 5.92 Å². The van der Waals surface area contributed by atoms with Crippen molar-refractivity contribution in [3.8, 4) is 0 Å². The van der Waals surface area contributed by atoms with Crippen LogP contribution in [0.4, 0.5) is 0 Å². The number of carbonyl (C=O) groups excluding carboxylic acids is 1. The third-order valence-electron chi connectivity index (χ3n) is 4.21. The summed E-state index contributed by atoms with van der Waals surface area (Å²) in [6.45, 7) is 4.17. The van der Waals surface area contributed by atoms with Gasteiger partial charge in [-0.15, -0.1) is 0 Å². The molecule has 4 heteroatoms. The first-order valence-corrected chi connectivity index (χ1v) is 9.53. The van der Waals surface area contributed by atoms with Gasteiger partial charge in [0.05, 0.1) is 5.75 Å². The van der Waals surface area contributed by atoms with Gasteiger partial charge < -0.3 is 0 Å². The predicted molar refractivity (Wildman–Crippen MR) is 85.5 cm³/mol. The molecular formula is C17H24O3S. The average Bonchev–Trinajstić information content (AvgIpc) is 2.90. The van der Waals surface area contributed by atoms with E-state index in [4.69, 9.17) is 0 Å². The van der Waals surface area contributed by atoms with Crippen LogP contribution in [0.1, 0.15) is 61.4 Å². The molecule has 0 aliphatic heterocycles. The fourth-order valence-corrected chi connectivity index (χ4v) is 4.67. The summed E-state index contributed by atoms with van der Waals surface area (Å²) in [5.41, 5.74) is 1.65. The fourth-order valence-electron chi connectivity index (χ4n) is 2.93. The summed E-state index contributed by atoms with van der Waals surface area (Å²) in [7, 11) is -3.29. The molecule has 0 saturated heterocycles. The highest BCUT2D eigenvalue weighted by Gasteiger charge is 2.25. The van der Waals surface area contributed by atoms with E-state index in [1.807, 2.05) is 12.1 Å². The monoisotopic (exact) mass is 308 g/mol. The largest absolute Gasteiger partial charge is 0.293 e. The SMILES string of the molecule is CC(C)c1ccc(C(=O)CS(=O)(=O)CC2CCCC2)cc1. The normalized spacial score (nSPS) is 16.5. The number of hydrogen-bond donors (Lipinski definition) is 0. The Kier molecular flexibility index (Phi) is 5.20. The Morgan fingerprint density at radius 2 is 1.71 bits per heavy atom. The zero-order valence-electron chi connectivity index (χ0n) is 12.8. The summed E-state index contributed by atoms with van der Waals surface area (Å²) in [5, 5.41) is 0. The van der Waals surface area contributed by atoms with Gasteiger partial charge in [-0.25, -0.2) is 8.42 Å². The van der Waals surface area contributed by atoms with Crippen molar-refractivity contribution in [1.29, 1.82) is 0 Å². The summed E-state index contributed by atoms with van der Waals surface area (Å²) in [4.78, 5) is 12.1. The van der Waals surface area contributed by atoms with Gasteiger partial charge in [0.2, 0.25) is 0 Å². The van der Waals surface area contributed by atoms with E-state index in [9.17, 15) is 13.2 Å². The molecule has 0 unspecified atom stereocenters. The Labute approximate surface area is 127 Å². The van der Waals surface area contributed by atoms with Gasteiger partial charge in [0.15, 0.2) is 15.6 Å². The molecule has 0 bridgehead atoms. The molecule has 2 rings (SSSR count). The molecule has 1 saturated carbocycles. The quantitative estimate of drug-likeness (QED) is 0.755. The number of hydrogen-bond acceptors (Lipinski definition) is 3. The molecule has 1 aliphatic rings. The van der Waals surface area contributed by atoms with E-state index in [1.54, 1.807) is 12.1 Å². The van der Waals surface area contributed by atoms with Gasteiger partial charge in [0.1, 0.15) is 5.75 Å². The summed E-state index contributed by atoms with van der Waals surface area (Å²) in [5.74, 6) is 0.183. The van der Waals surface area contributed by atoms with Crippen LogP contribution in [0.2, 0.25) is 0 Å². The summed E-state index contributed by atoms with van der Waals surface area (Å²) >= 11 is 0. The Bertz CT molecular complexity index is 579. The molecule has 116 valence electrons. The van der Waals surface area contributed by atoms with Crippen molar-refractivity contribution in [2.45, 2.75) is 45.4 Å². The Balaban J connectivity index is 1.99. The first kappa shape index (κ1) is 16.2. The van der Waals surface area contributed by atoms with Gasteiger partial charge in [0, 0.05) is 5.56 Å². The second-order valence-corrected chi connectivity index (χ2v) is 8.51. The number of sulfone groups is 1. The van der Waals surface area contributed by atoms with Crippen molar-refractivity contribution in [1.82, 2.24) is 0 Å². The molecule has 0 atom stereocenters. The highest BCUT2D eigenvalue weighted by atomic mass is 32.2. The number of Topliss-reactive ketones (excluding diaryl/α,β-unsaturated/α-hetero) is 1. The second kappa shape index (κ2) is 6.73. The fraction of sp³-hybridized carbons (Fsp3) is 0.588. The van der Waals surface area contributed by atoms with E-state index in [0.29, 0.717) is 11.5 Å². The molecule has 0 radical (unpaired) electrons. The maximum Gasteiger partial charge on any atom is 0.177 e. The van der Waals surface area contributed by atoms with Crippen LogP contribution in [0.5, 0.6) is 0 Å². The standard InChI is InChI=1S/C17H24O3S/c1-13(2)15-7-9-16(10-8-15)17(18)12-21(19,20)11-14-5-3-4-6-14/h7-10,13-14H,3-6,11-12H2,1-2H3. The molecule has 0 N–H and O–H groups in total. The van der Waals surface area contributed by atoms with Crippen LogP contribution < -0.4 is 0 Å². The van der Waals surface area contributed by atoms with Gasteiger partial charge >= 0.3 is 0 Å². The van der Waals surface area contributed by atoms with Crippen LogP contribution in [0.15, 0.2) is 24.3 Å². The lowest BCUT2D eigenvalue weighted by atomic mass is 10.0. The Hall–Kier alpha value is -1.16. The lowest BCUT2D eigenvalue weighted by Gasteiger charge is -2.10. The van der Waals surface area contributed by atoms with Crippen molar-refractivity contribution in [2.24, 2.45) is 5.92 Å². The average molecular weight is 308 g/mol. The van der Waals surface area contributed by atoms with E-state index < -0.39 is 9.84 Å². The molecule has 1 fully saturated rings. The molecule has 1 aromatic carbocycles. The van der Waals surface area contributed by atoms with E-state index in [0.717, 1.165) is 31.2 Å². The zero-order chi connectivity index (χ0) is 15.5. The molecule has 0 amide bonds. The molecule has 21 heavy (non-hydrogen) atoms. The first-order valence-electron chi connectivity index (χ1n) is 7.71. The van der Waals surface area contributed by atoms with Crippen molar-refractivity contribution < 1.29 is 13.2 Å². The van der Waals surface area contributed by atoms with Crippen molar-refractivity contribution in [3.63, 3.8) is 0 Å². The molecular weight excluding hydrogens is 284 g/mol. The van der Waals surface area contributed by atoms with Crippen LogP contribution in [0.25, 0.3) is 0 Å². The minimum Gasteiger partial charge on any atom is -0.293 e. The van der Waals surface area contributed by atoms with Crippen molar-refractivity contribution >= 4 is 15.6 Å². The topological polar surface area (TPSA) is 51.2 Å². The predicted octanol–water partition coefficient (Wildman–Crippen LogP) is 3.60. The minimum absolute atomic E-state index is 0.169. The minimum atomic E-state index is -3.29. The van der Waals surface area contributed by atoms with E-state index in [-0.39, 0.29) is 23.2 Å². The van der Waals surface area contributed by atoms with Crippen LogP contribution >= 0.6 is 0 Å². The number of ketones is 1. The van der Waals surface area contributed by atoms with Gasteiger partial charge in [-0.1, -0.05) is 51.0 Å². The van der Waals surface area contributed by atoms with Crippen LogP contribution in [-0.2, 0) is 9.84 Å². The lowest BCUT2D eigenvalue weighted by molar-refractivity contribution is 0.102. The third kappa shape index (κ3) is 4.67. The summed E-state index contributed by atoms with van der Waals surface area (Å²) in [6.07, 6.45) is 4.20. The molecule has 3 nitrogen and oxygen atoms in total. The summed E-state index contributed by atoms with van der Waals surface area (Å²) < 4.78 is 24.2. The first-order chi connectivity index (χ1) is 9.87. The van der Waals surface area contributed by atoms with Crippen molar-refractivity contribution in [3.05, 3.63) is 35.4 Å². The zero-order valence-corrected chi connectivity index (χ0v) is 13.7. The van der Waals surface area contributed by atoms with Gasteiger partial charge in [0.25, 0.3) is 0 Å². The van der Waals surface area contributed by atoms with Crippen LogP contribution in [-0.4, -0.2) is 25.7 Å². The maximum atomic E-state index is 12.1. The Morgan fingerprint density at radius 1 is 1.14 bits per heavy atom. The van der Waals surface area contributed by atoms with E-state index in [2.05, 4.69) is 13.8 Å².